The summed E-state index contributed by atoms with van der Waals surface area (Å²) < 4.78 is 19.3. The maximum absolute atomic E-state index is 13.8. The van der Waals surface area contributed by atoms with E-state index in [1.165, 1.54) is 7.11 Å². The first-order valence-electron chi connectivity index (χ1n) is 16.5. The van der Waals surface area contributed by atoms with Gasteiger partial charge in [0.25, 0.3) is 5.91 Å². The molecule has 5 aromatic rings. The summed E-state index contributed by atoms with van der Waals surface area (Å²) in [7, 11) is 1.26. The number of amides is 2. The highest BCUT2D eigenvalue weighted by atomic mass is 16.5. The maximum atomic E-state index is 13.8. The zero-order valence-electron chi connectivity index (χ0n) is 27.5. The van der Waals surface area contributed by atoms with Crippen LogP contribution in [-0.4, -0.2) is 66.8 Å². The molecule has 0 saturated carbocycles. The van der Waals surface area contributed by atoms with Gasteiger partial charge in [-0.05, 0) is 77.9 Å². The van der Waals surface area contributed by atoms with E-state index in [1.807, 2.05) is 103 Å². The van der Waals surface area contributed by atoms with Gasteiger partial charge >= 0.3 is 6.09 Å². The van der Waals surface area contributed by atoms with E-state index in [0.29, 0.717) is 38.2 Å². The lowest BCUT2D eigenvalue weighted by Gasteiger charge is -2.31. The number of imide groups is 1. The van der Waals surface area contributed by atoms with Crippen LogP contribution in [0.5, 0.6) is 5.75 Å². The molecule has 0 spiro atoms. The van der Waals surface area contributed by atoms with Crippen molar-refractivity contribution in [3.63, 3.8) is 0 Å². The van der Waals surface area contributed by atoms with Crippen LogP contribution in [-0.2, 0) is 27.1 Å². The lowest BCUT2D eigenvalue weighted by molar-refractivity contribution is -0.119. The van der Waals surface area contributed by atoms with Crippen molar-refractivity contribution < 1.29 is 23.8 Å². The molecular weight excluding hydrogens is 618 g/mol. The number of hydrogen-bond donors (Lipinski definition) is 2. The molecule has 3 atom stereocenters. The lowest BCUT2D eigenvalue weighted by atomic mass is 9.99. The molecule has 1 aromatic heterocycles. The van der Waals surface area contributed by atoms with E-state index in [9.17, 15) is 9.59 Å². The van der Waals surface area contributed by atoms with Crippen LogP contribution in [0.4, 0.5) is 10.5 Å². The molecule has 1 saturated heterocycles. The fourth-order valence-electron chi connectivity index (χ4n) is 5.97. The molecule has 2 heterocycles. The van der Waals surface area contributed by atoms with E-state index >= 15 is 0 Å². The molecule has 1 aliphatic rings. The first-order valence-corrected chi connectivity index (χ1v) is 16.5. The summed E-state index contributed by atoms with van der Waals surface area (Å²) in [6.45, 7) is 1.76. The van der Waals surface area contributed by atoms with Crippen LogP contribution in [0.3, 0.4) is 0 Å². The van der Waals surface area contributed by atoms with Crippen molar-refractivity contribution in [1.29, 1.82) is 0 Å². The number of carbonyl (C=O) groups is 2. The SMILES string of the molecule is COC(=O)N(C(=O)[C@@H](N)Cc1ccc(-c2ccccc2)cc1)c1ccccc1CC[C@@H]1CNC[C@@H](COc2ccc(-n3cccn3)cc2)O1. The zero-order valence-corrected chi connectivity index (χ0v) is 27.5. The van der Waals surface area contributed by atoms with Crippen molar-refractivity contribution in [3.8, 4) is 22.6 Å². The zero-order chi connectivity index (χ0) is 34.0. The number of carbonyl (C=O) groups excluding carboxylic acids is 2. The van der Waals surface area contributed by atoms with E-state index in [0.717, 1.165) is 38.6 Å². The molecule has 10 heteroatoms. The lowest BCUT2D eigenvalue weighted by Crippen LogP contribution is -2.48. The van der Waals surface area contributed by atoms with Crippen LogP contribution in [0.1, 0.15) is 17.5 Å². The third-order valence-corrected chi connectivity index (χ3v) is 8.55. The van der Waals surface area contributed by atoms with Gasteiger partial charge in [-0.2, -0.15) is 5.10 Å². The Morgan fingerprint density at radius 2 is 1.63 bits per heavy atom. The van der Waals surface area contributed by atoms with Gasteiger partial charge < -0.3 is 25.3 Å². The van der Waals surface area contributed by atoms with Crippen molar-refractivity contribution in [2.24, 2.45) is 5.73 Å². The standard InChI is InChI=1S/C39H41N5O5/c1-47-39(46)44(38(45)36(40)24-28-12-14-30(15-13-28)29-8-3-2-4-9-29)37-11-6-5-10-31(37)16-19-34-25-41-26-35(49-34)27-48-33-20-17-32(18-21-33)43-23-7-22-42-43/h2-15,17-18,20-23,34-36,41H,16,19,24-27,40H2,1H3/t34-,35+,36+/m1/s1. The highest BCUT2D eigenvalue weighted by molar-refractivity contribution is 6.14. The van der Waals surface area contributed by atoms with Gasteiger partial charge in [0.1, 0.15) is 18.5 Å². The predicted octanol–water partition coefficient (Wildman–Crippen LogP) is 5.58. The van der Waals surface area contributed by atoms with Gasteiger partial charge in [0.15, 0.2) is 0 Å². The number of nitrogens with zero attached hydrogens (tertiary/aromatic N) is 3. The van der Waals surface area contributed by atoms with Crippen molar-refractivity contribution in [3.05, 3.63) is 133 Å². The largest absolute Gasteiger partial charge is 0.491 e. The number of ether oxygens (including phenoxy) is 3. The van der Waals surface area contributed by atoms with Gasteiger partial charge in [-0.25, -0.2) is 14.4 Å². The summed E-state index contributed by atoms with van der Waals surface area (Å²) in [4.78, 5) is 27.9. The number of methoxy groups -OCH3 is 1. The van der Waals surface area contributed by atoms with E-state index in [4.69, 9.17) is 19.9 Å². The molecule has 0 aliphatic carbocycles. The smallest absolute Gasteiger partial charge is 0.420 e. The van der Waals surface area contributed by atoms with Crippen molar-refractivity contribution in [1.82, 2.24) is 15.1 Å². The van der Waals surface area contributed by atoms with E-state index in [2.05, 4.69) is 10.4 Å². The highest BCUT2D eigenvalue weighted by Crippen LogP contribution is 2.26. The minimum Gasteiger partial charge on any atom is -0.491 e. The van der Waals surface area contributed by atoms with Crippen LogP contribution < -0.4 is 20.7 Å². The van der Waals surface area contributed by atoms with Crippen LogP contribution in [0.15, 0.2) is 122 Å². The maximum Gasteiger partial charge on any atom is 0.420 e. The second-order valence-electron chi connectivity index (χ2n) is 12.0. The van der Waals surface area contributed by atoms with Gasteiger partial charge in [0.05, 0.1) is 30.6 Å². The molecule has 1 fully saturated rings. The third kappa shape index (κ3) is 8.60. The first-order chi connectivity index (χ1) is 24.0. The minimum absolute atomic E-state index is 0.0824. The number of morpholine rings is 1. The second kappa shape index (κ2) is 16.2. The topological polar surface area (TPSA) is 121 Å². The number of nitrogens with two attached hydrogens (primary N) is 1. The molecule has 10 nitrogen and oxygen atoms in total. The first kappa shape index (κ1) is 33.6. The van der Waals surface area contributed by atoms with Crippen LogP contribution in [0.2, 0.25) is 0 Å². The minimum atomic E-state index is -0.955. The van der Waals surface area contributed by atoms with Crippen LogP contribution in [0.25, 0.3) is 16.8 Å². The monoisotopic (exact) mass is 659 g/mol. The summed E-state index contributed by atoms with van der Waals surface area (Å²) in [5.41, 5.74) is 11.7. The number of aryl methyl sites for hydroxylation is 1. The Balaban J connectivity index is 1.06. The number of nitrogens with one attached hydrogen (secondary N) is 1. The molecule has 252 valence electrons. The fraction of sp³-hybridized carbons (Fsp3) is 0.256. The fourth-order valence-corrected chi connectivity index (χ4v) is 5.97. The number of hydrogen-bond acceptors (Lipinski definition) is 8. The number of anilines is 1. The molecule has 0 bridgehead atoms. The Kier molecular flexibility index (Phi) is 11.1. The third-order valence-electron chi connectivity index (χ3n) is 8.55. The van der Waals surface area contributed by atoms with E-state index in [1.54, 1.807) is 23.0 Å². The predicted molar refractivity (Wildman–Crippen MR) is 189 cm³/mol. The Labute approximate surface area is 286 Å². The average molecular weight is 660 g/mol. The second-order valence-corrected chi connectivity index (χ2v) is 12.0. The molecule has 49 heavy (non-hydrogen) atoms. The Bertz CT molecular complexity index is 1800. The van der Waals surface area contributed by atoms with Crippen molar-refractivity contribution in [2.75, 3.05) is 31.7 Å². The van der Waals surface area contributed by atoms with Gasteiger partial charge in [-0.3, -0.25) is 4.79 Å². The van der Waals surface area contributed by atoms with Crippen LogP contribution >= 0.6 is 0 Å². The van der Waals surface area contributed by atoms with Crippen molar-refractivity contribution >= 4 is 17.7 Å². The summed E-state index contributed by atoms with van der Waals surface area (Å²) in [5, 5.41) is 7.70. The Morgan fingerprint density at radius 3 is 2.37 bits per heavy atom. The Hall–Kier alpha value is -5.29. The number of rotatable bonds is 12. The number of para-hydroxylation sites is 1. The molecule has 1 aliphatic heterocycles. The summed E-state index contributed by atoms with van der Waals surface area (Å²) in [6.07, 6.45) is 4.15. The molecular formula is C39H41N5O5. The summed E-state index contributed by atoms with van der Waals surface area (Å²) in [5.74, 6) is 0.224. The van der Waals surface area contributed by atoms with E-state index in [-0.39, 0.29) is 18.6 Å². The van der Waals surface area contributed by atoms with Crippen molar-refractivity contribution in [2.45, 2.75) is 37.5 Å². The van der Waals surface area contributed by atoms with Gasteiger partial charge in [0.2, 0.25) is 0 Å². The van der Waals surface area contributed by atoms with Gasteiger partial charge in [-0.1, -0.05) is 72.8 Å². The normalized spacial score (nSPS) is 16.4. The summed E-state index contributed by atoms with van der Waals surface area (Å²) in [6, 6.07) is 34.0. The highest BCUT2D eigenvalue weighted by Gasteiger charge is 2.31. The molecule has 0 unspecified atom stereocenters. The molecule has 4 aromatic carbocycles. The number of benzene rings is 4. The van der Waals surface area contributed by atoms with Crippen LogP contribution in [0, 0.1) is 0 Å². The summed E-state index contributed by atoms with van der Waals surface area (Å²) >= 11 is 0. The van der Waals surface area contributed by atoms with Gasteiger partial charge in [-0.15, -0.1) is 0 Å². The average Bonchev–Trinajstić information content (AvgIpc) is 3.70. The Morgan fingerprint density at radius 1 is 0.918 bits per heavy atom. The molecule has 2 amide bonds. The molecule has 3 N–H and O–H groups in total. The molecule has 6 rings (SSSR count). The van der Waals surface area contributed by atoms with E-state index < -0.39 is 18.0 Å². The molecule has 0 radical (unpaired) electrons. The quantitative estimate of drug-likeness (QED) is 0.178. The van der Waals surface area contributed by atoms with Gasteiger partial charge in [0, 0.05) is 25.5 Å². The number of aromatic nitrogens is 2.